The number of nitro benzene ring substituents is 1. The van der Waals surface area contributed by atoms with Gasteiger partial charge in [-0.15, -0.1) is 0 Å². The highest BCUT2D eigenvalue weighted by molar-refractivity contribution is 5.94. The van der Waals surface area contributed by atoms with Crippen molar-refractivity contribution >= 4 is 11.6 Å². The van der Waals surface area contributed by atoms with Gasteiger partial charge < -0.3 is 5.32 Å². The molecule has 0 aromatic heterocycles. The third-order valence-corrected chi connectivity index (χ3v) is 2.57. The zero-order valence-corrected chi connectivity index (χ0v) is 10.2. The van der Waals surface area contributed by atoms with Gasteiger partial charge in [-0.3, -0.25) is 14.9 Å². The fourth-order valence-electron chi connectivity index (χ4n) is 1.47. The van der Waals surface area contributed by atoms with Gasteiger partial charge in [-0.25, -0.2) is 4.39 Å². The monoisotopic (exact) mass is 265 g/mol. The molecule has 0 heterocycles. The summed E-state index contributed by atoms with van der Waals surface area (Å²) in [5, 5.41) is 21.5. The number of amides is 1. The zero-order valence-electron chi connectivity index (χ0n) is 10.2. The molecule has 0 saturated carbocycles. The Morgan fingerprint density at radius 3 is 2.79 bits per heavy atom. The molecule has 0 aliphatic carbocycles. The summed E-state index contributed by atoms with van der Waals surface area (Å²) < 4.78 is 13.6. The van der Waals surface area contributed by atoms with Crippen LogP contribution in [0.4, 0.5) is 10.1 Å². The van der Waals surface area contributed by atoms with Gasteiger partial charge in [0.1, 0.15) is 5.82 Å². The lowest BCUT2D eigenvalue weighted by atomic mass is 10.1. The summed E-state index contributed by atoms with van der Waals surface area (Å²) in [5.41, 5.74) is -0.694. The van der Waals surface area contributed by atoms with Crippen LogP contribution in [0.15, 0.2) is 18.2 Å². The number of carbonyl (C=O) groups is 1. The molecule has 0 saturated heterocycles. The van der Waals surface area contributed by atoms with E-state index in [-0.39, 0.29) is 18.0 Å². The molecule has 0 aliphatic heterocycles. The maximum Gasteiger partial charge on any atom is 0.272 e. The summed E-state index contributed by atoms with van der Waals surface area (Å²) in [6.45, 7) is 1.79. The maximum absolute atomic E-state index is 13.6. The first-order chi connectivity index (χ1) is 8.99. The molecule has 1 atom stereocenters. The molecule has 0 spiro atoms. The van der Waals surface area contributed by atoms with Crippen molar-refractivity contribution in [3.63, 3.8) is 0 Å². The Kier molecular flexibility index (Phi) is 4.94. The van der Waals surface area contributed by atoms with Gasteiger partial charge >= 0.3 is 0 Å². The molecule has 0 bridgehead atoms. The van der Waals surface area contributed by atoms with Crippen molar-refractivity contribution in [3.05, 3.63) is 39.7 Å². The second-order valence-electron chi connectivity index (χ2n) is 3.86. The van der Waals surface area contributed by atoms with Crippen LogP contribution in [0, 0.1) is 27.3 Å². The molecule has 1 aromatic rings. The van der Waals surface area contributed by atoms with Crippen molar-refractivity contribution in [1.29, 1.82) is 5.26 Å². The van der Waals surface area contributed by atoms with Crippen LogP contribution in [0.1, 0.15) is 30.1 Å². The number of hydrogen-bond donors (Lipinski definition) is 1. The van der Waals surface area contributed by atoms with Crippen molar-refractivity contribution < 1.29 is 14.1 Å². The molecule has 6 nitrogen and oxygen atoms in total. The minimum absolute atomic E-state index is 0.122. The summed E-state index contributed by atoms with van der Waals surface area (Å²) in [4.78, 5) is 21.5. The largest absolute Gasteiger partial charge is 0.348 e. The summed E-state index contributed by atoms with van der Waals surface area (Å²) in [7, 11) is 0. The minimum atomic E-state index is -0.960. The van der Waals surface area contributed by atoms with E-state index in [0.29, 0.717) is 12.5 Å². The fourth-order valence-corrected chi connectivity index (χ4v) is 1.47. The van der Waals surface area contributed by atoms with Crippen LogP contribution in [0.25, 0.3) is 0 Å². The molecule has 1 N–H and O–H groups in total. The summed E-state index contributed by atoms with van der Waals surface area (Å²) in [5.74, 6) is -1.65. The quantitative estimate of drug-likeness (QED) is 0.651. The molecular weight excluding hydrogens is 253 g/mol. The fraction of sp³-hybridized carbons (Fsp3) is 0.333. The molecule has 1 aromatic carbocycles. The van der Waals surface area contributed by atoms with E-state index in [9.17, 15) is 19.3 Å². The third-order valence-electron chi connectivity index (χ3n) is 2.57. The van der Waals surface area contributed by atoms with Gasteiger partial charge in [-0.05, 0) is 12.5 Å². The molecule has 1 amide bonds. The predicted octanol–water partition coefficient (Wildman–Crippen LogP) is 2.16. The smallest absolute Gasteiger partial charge is 0.272 e. The van der Waals surface area contributed by atoms with Crippen molar-refractivity contribution in [1.82, 2.24) is 5.32 Å². The number of benzene rings is 1. The molecule has 19 heavy (non-hydrogen) atoms. The summed E-state index contributed by atoms with van der Waals surface area (Å²) >= 11 is 0. The number of nitrogens with one attached hydrogen (secondary N) is 1. The van der Waals surface area contributed by atoms with Crippen molar-refractivity contribution in [2.75, 3.05) is 0 Å². The standard InChI is InChI=1S/C12H12FN3O3/c1-2-8(5-6-14)15-12(17)10-4-3-9(16(18)19)7-11(10)13/h3-4,7-8H,2,5H2,1H3,(H,15,17). The molecule has 0 fully saturated rings. The lowest BCUT2D eigenvalue weighted by Gasteiger charge is -2.13. The first kappa shape index (κ1) is 14.6. The molecular formula is C12H12FN3O3. The van der Waals surface area contributed by atoms with E-state index in [1.54, 1.807) is 6.92 Å². The van der Waals surface area contributed by atoms with Crippen LogP contribution in [0.3, 0.4) is 0 Å². The predicted molar refractivity (Wildman–Crippen MR) is 64.8 cm³/mol. The van der Waals surface area contributed by atoms with Crippen LogP contribution < -0.4 is 5.32 Å². The highest BCUT2D eigenvalue weighted by Gasteiger charge is 2.18. The lowest BCUT2D eigenvalue weighted by Crippen LogP contribution is -2.34. The van der Waals surface area contributed by atoms with Crippen LogP contribution >= 0.6 is 0 Å². The molecule has 7 heteroatoms. The Hall–Kier alpha value is -2.49. The molecule has 0 aliphatic rings. The molecule has 1 rings (SSSR count). The average Bonchev–Trinajstić information content (AvgIpc) is 2.37. The van der Waals surface area contributed by atoms with Gasteiger partial charge in [0.05, 0.1) is 29.0 Å². The van der Waals surface area contributed by atoms with Gasteiger partial charge in [0.25, 0.3) is 11.6 Å². The number of nitriles is 1. The zero-order chi connectivity index (χ0) is 14.4. The number of nitrogens with zero attached hydrogens (tertiary/aromatic N) is 2. The molecule has 0 radical (unpaired) electrons. The lowest BCUT2D eigenvalue weighted by molar-refractivity contribution is -0.385. The number of halogens is 1. The van der Waals surface area contributed by atoms with E-state index in [4.69, 9.17) is 5.26 Å². The second kappa shape index (κ2) is 6.44. The van der Waals surface area contributed by atoms with E-state index >= 15 is 0 Å². The number of hydrogen-bond acceptors (Lipinski definition) is 4. The Balaban J connectivity index is 2.89. The highest BCUT2D eigenvalue weighted by atomic mass is 19.1. The Bertz CT molecular complexity index is 540. The van der Waals surface area contributed by atoms with Crippen molar-refractivity contribution in [2.24, 2.45) is 0 Å². The summed E-state index contributed by atoms with van der Waals surface area (Å²) in [6.07, 6.45) is 0.657. The van der Waals surface area contributed by atoms with E-state index in [1.165, 1.54) is 0 Å². The van der Waals surface area contributed by atoms with E-state index in [2.05, 4.69) is 5.32 Å². The number of carbonyl (C=O) groups excluding carboxylic acids is 1. The maximum atomic E-state index is 13.6. The van der Waals surface area contributed by atoms with Crippen LogP contribution in [-0.4, -0.2) is 16.9 Å². The number of rotatable bonds is 5. The average molecular weight is 265 g/mol. The summed E-state index contributed by atoms with van der Waals surface area (Å²) in [6, 6.07) is 4.36. The highest BCUT2D eigenvalue weighted by Crippen LogP contribution is 2.16. The van der Waals surface area contributed by atoms with Crippen LogP contribution in [0.5, 0.6) is 0 Å². The Morgan fingerprint density at radius 2 is 2.32 bits per heavy atom. The van der Waals surface area contributed by atoms with Gasteiger partial charge in [-0.1, -0.05) is 6.92 Å². The van der Waals surface area contributed by atoms with Gasteiger partial charge in [0.2, 0.25) is 0 Å². The Labute approximate surface area is 109 Å². The number of nitro groups is 1. The van der Waals surface area contributed by atoms with E-state index in [0.717, 1.165) is 12.1 Å². The molecule has 1 unspecified atom stereocenters. The first-order valence-electron chi connectivity index (χ1n) is 5.61. The van der Waals surface area contributed by atoms with Gasteiger partial charge in [0, 0.05) is 12.1 Å². The van der Waals surface area contributed by atoms with Crippen LogP contribution in [-0.2, 0) is 0 Å². The topological polar surface area (TPSA) is 96.0 Å². The van der Waals surface area contributed by atoms with Crippen molar-refractivity contribution in [2.45, 2.75) is 25.8 Å². The number of non-ortho nitro benzene ring substituents is 1. The van der Waals surface area contributed by atoms with Crippen molar-refractivity contribution in [3.8, 4) is 6.07 Å². The molecule has 100 valence electrons. The first-order valence-corrected chi connectivity index (χ1v) is 5.61. The van der Waals surface area contributed by atoms with Crippen LogP contribution in [0.2, 0.25) is 0 Å². The van der Waals surface area contributed by atoms with Gasteiger partial charge in [0.15, 0.2) is 0 Å². The second-order valence-corrected chi connectivity index (χ2v) is 3.86. The van der Waals surface area contributed by atoms with Gasteiger partial charge in [-0.2, -0.15) is 5.26 Å². The van der Waals surface area contributed by atoms with E-state index in [1.807, 2.05) is 6.07 Å². The van der Waals surface area contributed by atoms with E-state index < -0.39 is 22.3 Å². The Morgan fingerprint density at radius 1 is 1.63 bits per heavy atom. The SMILES string of the molecule is CCC(CC#N)NC(=O)c1ccc([N+](=O)[O-])cc1F. The third kappa shape index (κ3) is 3.74. The normalized spacial score (nSPS) is 11.4. The minimum Gasteiger partial charge on any atom is -0.348 e.